The number of hydrogen-bond acceptors (Lipinski definition) is 5. The van der Waals surface area contributed by atoms with E-state index in [1.165, 1.54) is 17.4 Å². The quantitative estimate of drug-likeness (QED) is 0.744. The molecule has 0 fully saturated rings. The topological polar surface area (TPSA) is 88.2 Å². The fourth-order valence-corrected chi connectivity index (χ4v) is 2.47. The Hall–Kier alpha value is -2.80. The third-order valence-electron chi connectivity index (χ3n) is 2.74. The molecule has 6 nitrogen and oxygen atoms in total. The number of carbonyl (C=O) groups is 2. The number of thiophene rings is 1. The molecule has 0 aromatic carbocycles. The monoisotopic (exact) mass is 328 g/mol. The number of nitrogens with zero attached hydrogens (tertiary/aromatic N) is 1. The maximum Gasteiger partial charge on any atom is 0.246 e. The molecule has 1 radical (unpaired) electrons. The maximum atomic E-state index is 12.1. The Balaban J connectivity index is 2.13. The molecule has 0 atom stereocenters. The summed E-state index contributed by atoms with van der Waals surface area (Å²) < 4.78 is 0. The second-order valence-electron chi connectivity index (χ2n) is 4.44. The smallest absolute Gasteiger partial charge is 0.246 e. The molecule has 23 heavy (non-hydrogen) atoms. The summed E-state index contributed by atoms with van der Waals surface area (Å²) in [6, 6.07) is 8.89. The van der Waals surface area contributed by atoms with E-state index in [4.69, 9.17) is 0 Å². The molecule has 2 heterocycles. The standard InChI is InChI=1S/C16H14N3O3S/c20-8-7-18-15(21)11-14(13-5-1-2-6-17-13)19-16(22)10-12-4-3-9-23-12/h1-6,9,11H,7,10H2,(H,18,21)(H,19,22). The van der Waals surface area contributed by atoms with Crippen molar-refractivity contribution in [1.29, 1.82) is 0 Å². The second kappa shape index (κ2) is 8.60. The van der Waals surface area contributed by atoms with Crippen molar-refractivity contribution >= 4 is 35.1 Å². The fraction of sp³-hybridized carbons (Fsp3) is 0.125. The molecular weight excluding hydrogens is 314 g/mol. The Morgan fingerprint density at radius 3 is 2.78 bits per heavy atom. The molecule has 7 heteroatoms. The van der Waals surface area contributed by atoms with Crippen molar-refractivity contribution in [3.8, 4) is 0 Å². The number of pyridine rings is 1. The average Bonchev–Trinajstić information content (AvgIpc) is 3.06. The molecule has 0 spiro atoms. The van der Waals surface area contributed by atoms with Crippen LogP contribution in [-0.2, 0) is 20.8 Å². The van der Waals surface area contributed by atoms with Crippen LogP contribution in [0, 0.1) is 0 Å². The van der Waals surface area contributed by atoms with Crippen LogP contribution >= 0.6 is 11.3 Å². The normalized spacial score (nSPS) is 10.9. The van der Waals surface area contributed by atoms with Gasteiger partial charge in [-0.2, -0.15) is 0 Å². The van der Waals surface area contributed by atoms with Crippen LogP contribution in [-0.4, -0.2) is 29.6 Å². The summed E-state index contributed by atoms with van der Waals surface area (Å²) >= 11 is 1.48. The zero-order chi connectivity index (χ0) is 16.5. The number of carbonyl (C=O) groups excluding carboxylic acids is 3. The van der Waals surface area contributed by atoms with E-state index in [0.29, 0.717) is 5.69 Å². The van der Waals surface area contributed by atoms with Crippen molar-refractivity contribution in [3.63, 3.8) is 0 Å². The Kier molecular flexibility index (Phi) is 6.19. The third-order valence-corrected chi connectivity index (χ3v) is 3.62. The lowest BCUT2D eigenvalue weighted by Gasteiger charge is -2.09. The summed E-state index contributed by atoms with van der Waals surface area (Å²) in [6.07, 6.45) is 4.54. The Morgan fingerprint density at radius 2 is 2.13 bits per heavy atom. The lowest BCUT2D eigenvalue weighted by molar-refractivity contribution is -0.119. The van der Waals surface area contributed by atoms with Crippen molar-refractivity contribution in [2.24, 2.45) is 0 Å². The van der Waals surface area contributed by atoms with Gasteiger partial charge >= 0.3 is 0 Å². The Bertz CT molecular complexity index is 697. The van der Waals surface area contributed by atoms with Crippen LogP contribution in [0.1, 0.15) is 10.6 Å². The zero-order valence-corrected chi connectivity index (χ0v) is 12.9. The van der Waals surface area contributed by atoms with E-state index in [1.807, 2.05) is 17.5 Å². The van der Waals surface area contributed by atoms with Gasteiger partial charge in [0.25, 0.3) is 0 Å². The number of aromatic nitrogens is 1. The first-order valence-electron chi connectivity index (χ1n) is 6.77. The lowest BCUT2D eigenvalue weighted by Crippen LogP contribution is -2.28. The minimum absolute atomic E-state index is 0.214. The highest BCUT2D eigenvalue weighted by molar-refractivity contribution is 7.10. The van der Waals surface area contributed by atoms with E-state index in [1.54, 1.807) is 30.7 Å². The predicted molar refractivity (Wildman–Crippen MR) is 87.1 cm³/mol. The van der Waals surface area contributed by atoms with E-state index in [0.717, 1.165) is 4.88 Å². The van der Waals surface area contributed by atoms with Gasteiger partial charge < -0.3 is 10.6 Å². The average molecular weight is 328 g/mol. The van der Waals surface area contributed by atoms with Crippen molar-refractivity contribution in [3.05, 3.63) is 58.6 Å². The van der Waals surface area contributed by atoms with Crippen LogP contribution in [0.5, 0.6) is 0 Å². The molecule has 0 aliphatic carbocycles. The van der Waals surface area contributed by atoms with E-state index in [-0.39, 0.29) is 24.6 Å². The summed E-state index contributed by atoms with van der Waals surface area (Å²) in [7, 11) is 0. The first kappa shape index (κ1) is 16.6. The molecule has 0 aliphatic heterocycles. The van der Waals surface area contributed by atoms with Gasteiger partial charge in [-0.05, 0) is 23.6 Å². The van der Waals surface area contributed by atoms with Crippen molar-refractivity contribution in [1.82, 2.24) is 15.6 Å². The van der Waals surface area contributed by atoms with Crippen LogP contribution < -0.4 is 10.6 Å². The van der Waals surface area contributed by atoms with Gasteiger partial charge in [-0.25, -0.2) is 0 Å². The molecule has 2 amide bonds. The highest BCUT2D eigenvalue weighted by atomic mass is 32.1. The van der Waals surface area contributed by atoms with E-state index in [2.05, 4.69) is 15.6 Å². The highest BCUT2D eigenvalue weighted by Crippen LogP contribution is 2.11. The highest BCUT2D eigenvalue weighted by Gasteiger charge is 2.11. The van der Waals surface area contributed by atoms with Gasteiger partial charge in [0.1, 0.15) is 0 Å². The summed E-state index contributed by atoms with van der Waals surface area (Å²) in [5, 5.41) is 6.91. The molecule has 0 unspecified atom stereocenters. The first-order chi connectivity index (χ1) is 11.2. The van der Waals surface area contributed by atoms with Gasteiger partial charge in [-0.3, -0.25) is 19.4 Å². The Labute approximate surface area is 137 Å². The van der Waals surface area contributed by atoms with E-state index >= 15 is 0 Å². The molecule has 117 valence electrons. The Morgan fingerprint density at radius 1 is 1.26 bits per heavy atom. The van der Waals surface area contributed by atoms with E-state index in [9.17, 15) is 14.4 Å². The number of amides is 2. The molecular formula is C16H14N3O3S. The fourth-order valence-electron chi connectivity index (χ4n) is 1.77. The van der Waals surface area contributed by atoms with Gasteiger partial charge in [-0.1, -0.05) is 12.1 Å². The SMILES string of the molecule is O=[C]CNC(=O)C=C(NC(=O)Cc1cccs1)c1ccccn1. The van der Waals surface area contributed by atoms with Crippen molar-refractivity contribution in [2.45, 2.75) is 6.42 Å². The minimum Gasteiger partial charge on any atom is -0.345 e. The van der Waals surface area contributed by atoms with Crippen LogP contribution in [0.15, 0.2) is 48.0 Å². The largest absolute Gasteiger partial charge is 0.345 e. The van der Waals surface area contributed by atoms with Gasteiger partial charge in [0.05, 0.1) is 24.4 Å². The van der Waals surface area contributed by atoms with Crippen LogP contribution in [0.3, 0.4) is 0 Å². The molecule has 0 aliphatic rings. The molecule has 2 aromatic rings. The van der Waals surface area contributed by atoms with Gasteiger partial charge in [0.2, 0.25) is 18.1 Å². The summed E-state index contributed by atoms with van der Waals surface area (Å²) in [5.74, 6) is -0.760. The summed E-state index contributed by atoms with van der Waals surface area (Å²) in [5.41, 5.74) is 0.729. The second-order valence-corrected chi connectivity index (χ2v) is 5.47. The number of nitrogens with one attached hydrogen (secondary N) is 2. The third kappa shape index (κ3) is 5.48. The van der Waals surface area contributed by atoms with Crippen LogP contribution in [0.2, 0.25) is 0 Å². The molecule has 0 saturated carbocycles. The predicted octanol–water partition coefficient (Wildman–Crippen LogP) is 1.07. The zero-order valence-electron chi connectivity index (χ0n) is 12.1. The van der Waals surface area contributed by atoms with Crippen LogP contribution in [0.25, 0.3) is 5.70 Å². The number of hydrogen-bond donors (Lipinski definition) is 2. The van der Waals surface area contributed by atoms with E-state index < -0.39 is 5.91 Å². The molecule has 2 rings (SSSR count). The van der Waals surface area contributed by atoms with Crippen molar-refractivity contribution in [2.75, 3.05) is 6.54 Å². The maximum absolute atomic E-state index is 12.1. The molecule has 0 saturated heterocycles. The summed E-state index contributed by atoms with van der Waals surface area (Å²) in [4.78, 5) is 39.1. The van der Waals surface area contributed by atoms with Gasteiger partial charge in [-0.15, -0.1) is 11.3 Å². The summed E-state index contributed by atoms with van der Waals surface area (Å²) in [6.45, 7) is -0.214. The molecule has 0 bridgehead atoms. The van der Waals surface area contributed by atoms with Crippen LogP contribution in [0.4, 0.5) is 0 Å². The molecule has 2 N–H and O–H groups in total. The lowest BCUT2D eigenvalue weighted by atomic mass is 10.2. The van der Waals surface area contributed by atoms with Crippen molar-refractivity contribution < 1.29 is 14.4 Å². The first-order valence-corrected chi connectivity index (χ1v) is 7.65. The van der Waals surface area contributed by atoms with Gasteiger partial charge in [0, 0.05) is 17.2 Å². The number of rotatable bonds is 7. The molecule has 2 aromatic heterocycles. The van der Waals surface area contributed by atoms with Gasteiger partial charge in [0.15, 0.2) is 0 Å². The minimum atomic E-state index is -0.509.